The second-order valence-electron chi connectivity index (χ2n) is 4.37. The number of amides is 1. The van der Waals surface area contributed by atoms with Crippen LogP contribution in [0.25, 0.3) is 5.78 Å². The third-order valence-electron chi connectivity index (χ3n) is 2.82. The Kier molecular flexibility index (Phi) is 3.41. The highest BCUT2D eigenvalue weighted by molar-refractivity contribution is 6.30. The minimum absolute atomic E-state index is 0.167. The van der Waals surface area contributed by atoms with E-state index in [9.17, 15) is 9.59 Å². The number of hydrogen-bond donors (Lipinski definition) is 2. The quantitative estimate of drug-likeness (QED) is 0.761. The van der Waals surface area contributed by atoms with E-state index in [0.717, 1.165) is 5.56 Å². The van der Waals surface area contributed by atoms with E-state index in [1.165, 1.54) is 16.9 Å². The zero-order chi connectivity index (χ0) is 14.8. The lowest BCUT2D eigenvalue weighted by atomic mass is 10.1. The van der Waals surface area contributed by atoms with Crippen LogP contribution in [-0.4, -0.2) is 25.5 Å². The second kappa shape index (κ2) is 5.37. The van der Waals surface area contributed by atoms with Crippen LogP contribution < -0.4 is 10.9 Å². The number of hydrogen-bond acceptors (Lipinski definition) is 4. The molecule has 0 spiro atoms. The topological polar surface area (TPSA) is 92.1 Å². The molecule has 0 atom stereocenters. The molecule has 0 fully saturated rings. The van der Waals surface area contributed by atoms with Gasteiger partial charge in [-0.15, -0.1) is 0 Å². The normalized spacial score (nSPS) is 10.7. The van der Waals surface area contributed by atoms with Gasteiger partial charge < -0.3 is 5.32 Å². The molecule has 7 nitrogen and oxygen atoms in total. The molecular weight excluding hydrogens is 294 g/mol. The number of rotatable bonds is 3. The molecule has 0 saturated heterocycles. The first-order valence-corrected chi connectivity index (χ1v) is 6.47. The van der Waals surface area contributed by atoms with E-state index in [2.05, 4.69) is 20.4 Å². The summed E-state index contributed by atoms with van der Waals surface area (Å²) < 4.78 is 1.35. The van der Waals surface area contributed by atoms with Gasteiger partial charge in [0.05, 0.1) is 6.42 Å². The van der Waals surface area contributed by atoms with E-state index >= 15 is 0 Å². The first-order chi connectivity index (χ1) is 10.1. The summed E-state index contributed by atoms with van der Waals surface area (Å²) in [6.07, 6.45) is 1.46. The van der Waals surface area contributed by atoms with Crippen molar-refractivity contribution in [2.45, 2.75) is 6.42 Å². The number of benzene rings is 1. The maximum atomic E-state index is 12.0. The second-order valence-corrected chi connectivity index (χ2v) is 4.80. The minimum Gasteiger partial charge on any atom is -0.310 e. The summed E-state index contributed by atoms with van der Waals surface area (Å²) in [5.41, 5.74) is 0.453. The molecule has 0 radical (unpaired) electrons. The van der Waals surface area contributed by atoms with Gasteiger partial charge in [-0.25, -0.2) is 0 Å². The van der Waals surface area contributed by atoms with Gasteiger partial charge in [0.1, 0.15) is 12.1 Å². The molecule has 1 amide bonds. The number of nitrogens with zero attached hydrogens (tertiary/aromatic N) is 3. The number of anilines is 1. The number of aromatic amines is 1. The molecule has 1 aromatic carbocycles. The van der Waals surface area contributed by atoms with Crippen molar-refractivity contribution in [3.63, 3.8) is 0 Å². The van der Waals surface area contributed by atoms with Crippen LogP contribution in [0.15, 0.2) is 41.5 Å². The number of carbonyl (C=O) groups excluding carboxylic acids is 1. The van der Waals surface area contributed by atoms with Crippen molar-refractivity contribution in [3.05, 3.63) is 57.6 Å². The fourth-order valence-electron chi connectivity index (χ4n) is 1.90. The molecule has 2 aromatic heterocycles. The van der Waals surface area contributed by atoms with Crippen LogP contribution in [0.1, 0.15) is 5.56 Å². The Morgan fingerprint density at radius 3 is 2.86 bits per heavy atom. The van der Waals surface area contributed by atoms with E-state index < -0.39 is 0 Å². The van der Waals surface area contributed by atoms with Crippen LogP contribution in [0.3, 0.4) is 0 Å². The molecule has 0 aliphatic heterocycles. The Balaban J connectivity index is 1.81. The van der Waals surface area contributed by atoms with E-state index in [4.69, 9.17) is 11.6 Å². The van der Waals surface area contributed by atoms with Crippen molar-refractivity contribution in [2.75, 3.05) is 5.32 Å². The van der Waals surface area contributed by atoms with Gasteiger partial charge in [0.15, 0.2) is 0 Å². The molecule has 0 bridgehead atoms. The first-order valence-electron chi connectivity index (χ1n) is 6.09. The smallest absolute Gasteiger partial charge is 0.254 e. The molecule has 8 heteroatoms. The van der Waals surface area contributed by atoms with Gasteiger partial charge in [0.25, 0.3) is 5.56 Å². The van der Waals surface area contributed by atoms with Crippen molar-refractivity contribution < 1.29 is 4.79 Å². The number of fused-ring (bicyclic) bond motifs is 1. The lowest BCUT2D eigenvalue weighted by molar-refractivity contribution is -0.115. The monoisotopic (exact) mass is 303 g/mol. The fourth-order valence-corrected chi connectivity index (χ4v) is 2.02. The predicted molar refractivity (Wildman–Crippen MR) is 77.4 cm³/mol. The van der Waals surface area contributed by atoms with Crippen molar-refractivity contribution in [1.29, 1.82) is 0 Å². The molecule has 0 aliphatic carbocycles. The summed E-state index contributed by atoms with van der Waals surface area (Å²) in [6.45, 7) is 0. The highest BCUT2D eigenvalue weighted by Crippen LogP contribution is 2.11. The molecule has 0 aliphatic rings. The average Bonchev–Trinajstić information content (AvgIpc) is 2.89. The van der Waals surface area contributed by atoms with Crippen molar-refractivity contribution in [1.82, 2.24) is 19.6 Å². The summed E-state index contributed by atoms with van der Waals surface area (Å²) >= 11 is 5.79. The van der Waals surface area contributed by atoms with Gasteiger partial charge in [0.2, 0.25) is 11.7 Å². The van der Waals surface area contributed by atoms with Gasteiger partial charge in [-0.05, 0) is 17.7 Å². The number of carbonyl (C=O) groups is 1. The van der Waals surface area contributed by atoms with Gasteiger partial charge in [-0.3, -0.25) is 14.6 Å². The number of aromatic nitrogens is 4. The maximum absolute atomic E-state index is 12.0. The first kappa shape index (κ1) is 13.3. The molecule has 21 heavy (non-hydrogen) atoms. The van der Waals surface area contributed by atoms with E-state index in [1.54, 1.807) is 24.3 Å². The largest absolute Gasteiger partial charge is 0.310 e. The van der Waals surface area contributed by atoms with Crippen LogP contribution in [0.5, 0.6) is 0 Å². The van der Waals surface area contributed by atoms with Crippen molar-refractivity contribution >= 4 is 29.1 Å². The van der Waals surface area contributed by atoms with Crippen LogP contribution >= 0.6 is 11.6 Å². The van der Waals surface area contributed by atoms with E-state index in [1.807, 2.05) is 0 Å². The van der Waals surface area contributed by atoms with Crippen LogP contribution in [0.4, 0.5) is 5.82 Å². The van der Waals surface area contributed by atoms with Crippen LogP contribution in [0, 0.1) is 0 Å². The highest BCUT2D eigenvalue weighted by atomic mass is 35.5. The molecule has 2 N–H and O–H groups in total. The predicted octanol–water partition coefficient (Wildman–Crippen LogP) is 1.25. The summed E-state index contributed by atoms with van der Waals surface area (Å²) in [4.78, 5) is 29.9. The zero-order valence-electron chi connectivity index (χ0n) is 10.7. The molecular formula is C13H10ClN5O2. The van der Waals surface area contributed by atoms with Gasteiger partial charge in [-0.2, -0.15) is 14.6 Å². The summed E-state index contributed by atoms with van der Waals surface area (Å²) in [7, 11) is 0. The Morgan fingerprint density at radius 1 is 1.33 bits per heavy atom. The lowest BCUT2D eigenvalue weighted by Gasteiger charge is -2.06. The van der Waals surface area contributed by atoms with Crippen molar-refractivity contribution in [3.8, 4) is 0 Å². The molecule has 2 heterocycles. The summed E-state index contributed by atoms with van der Waals surface area (Å²) in [5, 5.41) is 7.19. The number of H-pyrrole nitrogens is 1. The SMILES string of the molecule is O=C(Cc1ccc(Cl)cc1)Nc1cc(=O)[nH]c2ncnn12. The molecule has 0 unspecified atom stereocenters. The Morgan fingerprint density at radius 2 is 2.10 bits per heavy atom. The maximum Gasteiger partial charge on any atom is 0.254 e. The van der Waals surface area contributed by atoms with Crippen molar-refractivity contribution in [2.24, 2.45) is 0 Å². The van der Waals surface area contributed by atoms with E-state index in [-0.39, 0.29) is 29.5 Å². The van der Waals surface area contributed by atoms with Crippen LogP contribution in [0.2, 0.25) is 5.02 Å². The number of halogens is 1. The van der Waals surface area contributed by atoms with Gasteiger partial charge in [0, 0.05) is 11.1 Å². The molecule has 3 rings (SSSR count). The Bertz CT molecular complexity index is 853. The van der Waals surface area contributed by atoms with Gasteiger partial charge >= 0.3 is 0 Å². The Hall–Kier alpha value is -2.67. The van der Waals surface area contributed by atoms with Gasteiger partial charge in [-0.1, -0.05) is 23.7 Å². The molecule has 3 aromatic rings. The van der Waals surface area contributed by atoms with E-state index in [0.29, 0.717) is 5.02 Å². The molecule has 0 saturated carbocycles. The summed E-state index contributed by atoms with van der Waals surface area (Å²) in [5.74, 6) is 0.272. The third-order valence-corrected chi connectivity index (χ3v) is 3.08. The number of nitrogens with one attached hydrogen (secondary N) is 2. The lowest BCUT2D eigenvalue weighted by Crippen LogP contribution is -2.20. The average molecular weight is 304 g/mol. The molecule has 106 valence electrons. The fraction of sp³-hybridized carbons (Fsp3) is 0.0769. The standard InChI is InChI=1S/C13H10ClN5O2/c14-9-3-1-8(2-4-9)5-11(20)17-10-6-12(21)18-13-15-7-16-19(10)13/h1-4,6-7H,5H2,(H,17,20)(H,15,16,18,21). The van der Waals surface area contributed by atoms with Crippen LogP contribution in [-0.2, 0) is 11.2 Å². The highest BCUT2D eigenvalue weighted by Gasteiger charge is 2.09. The third kappa shape index (κ3) is 2.92. The Labute approximate surface area is 123 Å². The summed E-state index contributed by atoms with van der Waals surface area (Å²) in [6, 6.07) is 8.22. The minimum atomic E-state index is -0.364. The zero-order valence-corrected chi connectivity index (χ0v) is 11.5.